The smallest absolute Gasteiger partial charge is 0.408 e. The highest BCUT2D eigenvalue weighted by atomic mass is 16.6. The third-order valence-electron chi connectivity index (χ3n) is 4.02. The number of nitrogens with two attached hydrogens (primary N) is 1. The van der Waals surface area contributed by atoms with Gasteiger partial charge in [0.25, 0.3) is 0 Å². The van der Waals surface area contributed by atoms with Gasteiger partial charge in [-0.25, -0.2) is 4.79 Å². The Morgan fingerprint density at radius 3 is 2.39 bits per heavy atom. The van der Waals surface area contributed by atoms with E-state index in [0.29, 0.717) is 12.8 Å². The number of alkyl carbamates (subject to hydrolysis) is 1. The van der Waals surface area contributed by atoms with Crippen molar-refractivity contribution >= 4 is 17.8 Å². The zero-order valence-corrected chi connectivity index (χ0v) is 14.6. The van der Waals surface area contributed by atoms with Crippen molar-refractivity contribution < 1.29 is 23.9 Å². The molecule has 23 heavy (non-hydrogen) atoms. The molecule has 0 aliphatic heterocycles. The van der Waals surface area contributed by atoms with Gasteiger partial charge < -0.3 is 20.5 Å². The number of rotatable bonds is 4. The average molecular weight is 328 g/mol. The number of amides is 1. The van der Waals surface area contributed by atoms with Gasteiger partial charge in [0.1, 0.15) is 11.1 Å². The number of carbonyl (C=O) groups is 3. The van der Waals surface area contributed by atoms with E-state index in [0.717, 1.165) is 12.8 Å². The van der Waals surface area contributed by atoms with Crippen molar-refractivity contribution in [2.45, 2.75) is 70.6 Å². The van der Waals surface area contributed by atoms with Gasteiger partial charge in [-0.3, -0.25) is 9.59 Å². The Bertz CT molecular complexity index is 472. The number of nitrogens with one attached hydrogen (secondary N) is 1. The van der Waals surface area contributed by atoms with E-state index in [4.69, 9.17) is 15.2 Å². The zero-order valence-electron chi connectivity index (χ0n) is 14.6. The van der Waals surface area contributed by atoms with Gasteiger partial charge in [-0.15, -0.1) is 0 Å². The minimum atomic E-state index is -1.33. The third kappa shape index (κ3) is 4.92. The minimum Gasteiger partial charge on any atom is -0.468 e. The van der Waals surface area contributed by atoms with Crippen LogP contribution in [0.5, 0.6) is 0 Å². The number of hydrogen-bond donors (Lipinski definition) is 2. The van der Waals surface area contributed by atoms with Crippen molar-refractivity contribution in [3.63, 3.8) is 0 Å². The van der Waals surface area contributed by atoms with Crippen molar-refractivity contribution in [2.75, 3.05) is 7.11 Å². The van der Waals surface area contributed by atoms with Crippen LogP contribution in [-0.4, -0.2) is 42.1 Å². The maximum absolute atomic E-state index is 12.7. The number of ether oxygens (including phenoxy) is 2. The first-order valence-electron chi connectivity index (χ1n) is 7.92. The summed E-state index contributed by atoms with van der Waals surface area (Å²) in [6, 6.07) is -0.791. The van der Waals surface area contributed by atoms with Gasteiger partial charge in [-0.05, 0) is 40.5 Å². The first-order valence-corrected chi connectivity index (χ1v) is 7.92. The van der Waals surface area contributed by atoms with Crippen LogP contribution in [0.25, 0.3) is 0 Å². The van der Waals surface area contributed by atoms with Gasteiger partial charge in [-0.1, -0.05) is 12.8 Å². The molecular formula is C16H28N2O5. The molecule has 1 rings (SSSR count). The fourth-order valence-corrected chi connectivity index (χ4v) is 2.89. The van der Waals surface area contributed by atoms with E-state index in [1.54, 1.807) is 27.7 Å². The number of methoxy groups -OCH3 is 1. The third-order valence-corrected chi connectivity index (χ3v) is 4.02. The molecule has 1 aliphatic rings. The number of ketones is 1. The molecule has 3 unspecified atom stereocenters. The second-order valence-electron chi connectivity index (χ2n) is 7.10. The van der Waals surface area contributed by atoms with E-state index in [1.807, 2.05) is 0 Å². The lowest BCUT2D eigenvalue weighted by Gasteiger charge is -2.38. The largest absolute Gasteiger partial charge is 0.468 e. The summed E-state index contributed by atoms with van der Waals surface area (Å²) in [6.07, 6.45) is 1.81. The van der Waals surface area contributed by atoms with Crippen LogP contribution in [0.2, 0.25) is 0 Å². The summed E-state index contributed by atoms with van der Waals surface area (Å²) in [5.74, 6) is -1.53. The normalized spacial score (nSPS) is 26.1. The van der Waals surface area contributed by atoms with Crippen LogP contribution >= 0.6 is 0 Å². The van der Waals surface area contributed by atoms with Gasteiger partial charge in [0.2, 0.25) is 0 Å². The summed E-state index contributed by atoms with van der Waals surface area (Å²) in [5.41, 5.74) is 4.21. The lowest BCUT2D eigenvalue weighted by atomic mass is 9.70. The highest BCUT2D eigenvalue weighted by Crippen LogP contribution is 2.34. The number of hydrogen-bond acceptors (Lipinski definition) is 6. The molecule has 0 spiro atoms. The van der Waals surface area contributed by atoms with E-state index < -0.39 is 35.2 Å². The van der Waals surface area contributed by atoms with Crippen molar-refractivity contribution in [1.82, 2.24) is 5.32 Å². The Morgan fingerprint density at radius 1 is 1.26 bits per heavy atom. The van der Waals surface area contributed by atoms with Gasteiger partial charge in [0.15, 0.2) is 5.78 Å². The Morgan fingerprint density at radius 2 is 1.87 bits per heavy atom. The molecule has 0 saturated heterocycles. The molecule has 1 fully saturated rings. The van der Waals surface area contributed by atoms with E-state index in [-0.39, 0.29) is 5.78 Å². The topological polar surface area (TPSA) is 108 Å². The number of carbonyl (C=O) groups excluding carboxylic acids is 3. The highest BCUT2D eigenvalue weighted by molar-refractivity contribution is 5.95. The van der Waals surface area contributed by atoms with Crippen LogP contribution < -0.4 is 11.1 Å². The fourth-order valence-electron chi connectivity index (χ4n) is 2.89. The minimum absolute atomic E-state index is 0.275. The van der Waals surface area contributed by atoms with Crippen molar-refractivity contribution in [1.29, 1.82) is 0 Å². The van der Waals surface area contributed by atoms with E-state index in [1.165, 1.54) is 7.11 Å². The van der Waals surface area contributed by atoms with Gasteiger partial charge in [0, 0.05) is 5.92 Å². The quantitative estimate of drug-likeness (QED) is 0.758. The first kappa shape index (κ1) is 19.4. The lowest BCUT2D eigenvalue weighted by molar-refractivity contribution is -0.154. The molecule has 0 aromatic heterocycles. The summed E-state index contributed by atoms with van der Waals surface area (Å²) in [5, 5.41) is 2.51. The van der Waals surface area contributed by atoms with Crippen molar-refractivity contribution in [2.24, 2.45) is 11.7 Å². The molecule has 1 aliphatic carbocycles. The monoisotopic (exact) mass is 328 g/mol. The van der Waals surface area contributed by atoms with Crippen LogP contribution in [0.3, 0.4) is 0 Å². The summed E-state index contributed by atoms with van der Waals surface area (Å²) in [7, 11) is 1.26. The maximum atomic E-state index is 12.7. The Hall–Kier alpha value is -1.63. The van der Waals surface area contributed by atoms with Gasteiger partial charge in [-0.2, -0.15) is 0 Å². The van der Waals surface area contributed by atoms with Crippen LogP contribution in [-0.2, 0) is 19.1 Å². The number of Topliss-reactive ketones (excluding diaryl/α,β-unsaturated/α-hetero) is 1. The molecule has 1 saturated carbocycles. The lowest BCUT2D eigenvalue weighted by Crippen LogP contribution is -2.61. The number of esters is 1. The predicted molar refractivity (Wildman–Crippen MR) is 84.7 cm³/mol. The SMILES string of the molecule is COC(=O)C1(N)CCCCC1C(=O)C(C)NC(=O)OC(C)(C)C. The Kier molecular flexibility index (Phi) is 6.16. The first-order chi connectivity index (χ1) is 10.5. The van der Waals surface area contributed by atoms with E-state index in [2.05, 4.69) is 5.32 Å². The van der Waals surface area contributed by atoms with Gasteiger partial charge >= 0.3 is 12.1 Å². The van der Waals surface area contributed by atoms with Crippen LogP contribution in [0.15, 0.2) is 0 Å². The van der Waals surface area contributed by atoms with Gasteiger partial charge in [0.05, 0.1) is 13.2 Å². The predicted octanol–water partition coefficient (Wildman–Crippen LogP) is 1.53. The molecule has 0 radical (unpaired) electrons. The highest BCUT2D eigenvalue weighted by Gasteiger charge is 2.49. The average Bonchev–Trinajstić information content (AvgIpc) is 2.43. The molecule has 7 nitrogen and oxygen atoms in total. The molecule has 0 heterocycles. The van der Waals surface area contributed by atoms with E-state index >= 15 is 0 Å². The molecule has 3 N–H and O–H groups in total. The second-order valence-corrected chi connectivity index (χ2v) is 7.10. The summed E-state index contributed by atoms with van der Waals surface area (Å²) < 4.78 is 9.91. The molecule has 0 aromatic rings. The van der Waals surface area contributed by atoms with Crippen molar-refractivity contribution in [3.8, 4) is 0 Å². The van der Waals surface area contributed by atoms with Crippen LogP contribution in [0.4, 0.5) is 4.79 Å². The molecule has 7 heteroatoms. The second kappa shape index (κ2) is 7.29. The summed E-state index contributed by atoms with van der Waals surface area (Å²) >= 11 is 0. The molecule has 0 bridgehead atoms. The Labute approximate surface area is 137 Å². The molecular weight excluding hydrogens is 300 g/mol. The summed E-state index contributed by atoms with van der Waals surface area (Å²) in [4.78, 5) is 36.5. The summed E-state index contributed by atoms with van der Waals surface area (Å²) in [6.45, 7) is 6.78. The van der Waals surface area contributed by atoms with E-state index in [9.17, 15) is 14.4 Å². The Balaban J connectivity index is 2.80. The molecule has 0 aromatic carbocycles. The molecule has 3 atom stereocenters. The maximum Gasteiger partial charge on any atom is 0.408 e. The fraction of sp³-hybridized carbons (Fsp3) is 0.812. The van der Waals surface area contributed by atoms with Crippen LogP contribution in [0.1, 0.15) is 53.4 Å². The molecule has 132 valence electrons. The molecule has 1 amide bonds. The zero-order chi connectivity index (χ0) is 17.8. The van der Waals surface area contributed by atoms with Crippen molar-refractivity contribution in [3.05, 3.63) is 0 Å². The van der Waals surface area contributed by atoms with Crippen LogP contribution in [0, 0.1) is 5.92 Å². The standard InChI is InChI=1S/C16H28N2O5/c1-10(18-14(21)23-15(2,3)4)12(19)11-8-6-7-9-16(11,17)13(20)22-5/h10-11H,6-9,17H2,1-5H3,(H,18,21).